The van der Waals surface area contributed by atoms with E-state index in [2.05, 4.69) is 0 Å². The fraction of sp³-hybridized carbons (Fsp3) is 1.00. The Bertz CT molecular complexity index is 94.3. The third-order valence-electron chi connectivity index (χ3n) is 1.59. The normalized spacial score (nSPS) is 36.3. The van der Waals surface area contributed by atoms with E-state index in [4.69, 9.17) is 14.9 Å². The van der Waals surface area contributed by atoms with Crippen LogP contribution in [0.3, 0.4) is 0 Å². The molecule has 0 aromatic rings. The summed E-state index contributed by atoms with van der Waals surface area (Å²) in [6.45, 7) is 1.80. The molecule has 0 saturated carbocycles. The Labute approximate surface area is 54.3 Å². The van der Waals surface area contributed by atoms with E-state index in [0.717, 1.165) is 6.42 Å². The molecular formula is C6H12O3. The fourth-order valence-electron chi connectivity index (χ4n) is 0.927. The van der Waals surface area contributed by atoms with Gasteiger partial charge in [-0.3, -0.25) is 0 Å². The summed E-state index contributed by atoms with van der Waals surface area (Å²) in [6, 6.07) is 0. The molecule has 0 radical (unpaired) electrons. The van der Waals surface area contributed by atoms with Crippen LogP contribution in [0.5, 0.6) is 0 Å². The monoisotopic (exact) mass is 132 g/mol. The van der Waals surface area contributed by atoms with Gasteiger partial charge in [0.2, 0.25) is 0 Å². The van der Waals surface area contributed by atoms with Crippen molar-refractivity contribution in [2.45, 2.75) is 31.7 Å². The standard InChI is InChI=1S/C6H12O3/c1-2-5-6(9-5)4(8)3-7/h4-8H,2-3H2,1H3. The maximum absolute atomic E-state index is 8.92. The minimum Gasteiger partial charge on any atom is -0.394 e. The zero-order valence-electron chi connectivity index (χ0n) is 5.45. The number of rotatable bonds is 3. The summed E-state index contributed by atoms with van der Waals surface area (Å²) in [4.78, 5) is 0. The SMILES string of the molecule is CCC1OC1C(O)CO. The Hall–Kier alpha value is -0.120. The second kappa shape index (κ2) is 2.64. The van der Waals surface area contributed by atoms with Crippen molar-refractivity contribution in [1.82, 2.24) is 0 Å². The molecule has 0 aromatic carbocycles. The highest BCUT2D eigenvalue weighted by atomic mass is 16.6. The van der Waals surface area contributed by atoms with E-state index in [-0.39, 0.29) is 18.8 Å². The van der Waals surface area contributed by atoms with Gasteiger partial charge in [-0.05, 0) is 6.42 Å². The van der Waals surface area contributed by atoms with Crippen molar-refractivity contribution in [2.24, 2.45) is 0 Å². The van der Waals surface area contributed by atoms with E-state index in [0.29, 0.717) is 0 Å². The zero-order valence-corrected chi connectivity index (χ0v) is 5.45. The first-order valence-corrected chi connectivity index (χ1v) is 3.24. The molecule has 1 rings (SSSR count). The maximum atomic E-state index is 8.92. The summed E-state index contributed by atoms with van der Waals surface area (Å²) in [7, 11) is 0. The topological polar surface area (TPSA) is 53.0 Å². The molecule has 1 saturated heterocycles. The molecule has 0 amide bonds. The van der Waals surface area contributed by atoms with Crippen LogP contribution in [0, 0.1) is 0 Å². The van der Waals surface area contributed by atoms with E-state index in [1.165, 1.54) is 0 Å². The van der Waals surface area contributed by atoms with Gasteiger partial charge in [0, 0.05) is 0 Å². The predicted octanol–water partition coefficient (Wildman–Crippen LogP) is -0.483. The second-order valence-corrected chi connectivity index (χ2v) is 2.30. The van der Waals surface area contributed by atoms with E-state index < -0.39 is 6.10 Å². The molecule has 0 spiro atoms. The molecule has 3 nitrogen and oxygen atoms in total. The Balaban J connectivity index is 2.17. The molecule has 3 heteroatoms. The van der Waals surface area contributed by atoms with Gasteiger partial charge in [0.05, 0.1) is 12.7 Å². The minimum absolute atomic E-state index is 0.0972. The molecule has 1 fully saturated rings. The predicted molar refractivity (Wildman–Crippen MR) is 32.0 cm³/mol. The van der Waals surface area contributed by atoms with Crippen LogP contribution in [-0.2, 0) is 4.74 Å². The molecular weight excluding hydrogens is 120 g/mol. The molecule has 1 aliphatic rings. The fourth-order valence-corrected chi connectivity index (χ4v) is 0.927. The van der Waals surface area contributed by atoms with E-state index in [1.807, 2.05) is 6.92 Å². The van der Waals surface area contributed by atoms with Gasteiger partial charge in [0.1, 0.15) is 12.2 Å². The Morgan fingerprint density at radius 1 is 1.67 bits per heavy atom. The molecule has 1 heterocycles. The van der Waals surface area contributed by atoms with Gasteiger partial charge >= 0.3 is 0 Å². The lowest BCUT2D eigenvalue weighted by Crippen LogP contribution is -2.20. The van der Waals surface area contributed by atoms with Crippen molar-refractivity contribution in [3.05, 3.63) is 0 Å². The van der Waals surface area contributed by atoms with Crippen molar-refractivity contribution in [3.8, 4) is 0 Å². The quantitative estimate of drug-likeness (QED) is 0.510. The number of hydrogen-bond acceptors (Lipinski definition) is 3. The molecule has 2 N–H and O–H groups in total. The Morgan fingerprint density at radius 3 is 2.67 bits per heavy atom. The third-order valence-corrected chi connectivity index (χ3v) is 1.59. The average molecular weight is 132 g/mol. The van der Waals surface area contributed by atoms with Crippen molar-refractivity contribution in [2.75, 3.05) is 6.61 Å². The first kappa shape index (κ1) is 6.99. The van der Waals surface area contributed by atoms with Crippen LogP contribution in [0.4, 0.5) is 0 Å². The van der Waals surface area contributed by atoms with Crippen LogP contribution in [-0.4, -0.2) is 35.1 Å². The van der Waals surface area contributed by atoms with Gasteiger partial charge in [0.15, 0.2) is 0 Å². The molecule has 9 heavy (non-hydrogen) atoms. The van der Waals surface area contributed by atoms with Gasteiger partial charge in [0.25, 0.3) is 0 Å². The zero-order chi connectivity index (χ0) is 6.85. The summed E-state index contributed by atoms with van der Waals surface area (Å²) in [6.07, 6.45) is 0.337. The largest absolute Gasteiger partial charge is 0.394 e. The minimum atomic E-state index is -0.671. The van der Waals surface area contributed by atoms with Crippen molar-refractivity contribution < 1.29 is 14.9 Å². The number of ether oxygens (including phenoxy) is 1. The summed E-state index contributed by atoms with van der Waals surface area (Å²) in [5.74, 6) is 0. The first-order chi connectivity index (χ1) is 4.29. The molecule has 0 bridgehead atoms. The van der Waals surface area contributed by atoms with Crippen LogP contribution >= 0.6 is 0 Å². The second-order valence-electron chi connectivity index (χ2n) is 2.30. The number of aliphatic hydroxyl groups is 2. The van der Waals surface area contributed by atoms with Crippen LogP contribution < -0.4 is 0 Å². The van der Waals surface area contributed by atoms with Crippen LogP contribution in [0.25, 0.3) is 0 Å². The van der Waals surface area contributed by atoms with E-state index in [1.54, 1.807) is 0 Å². The van der Waals surface area contributed by atoms with Crippen LogP contribution in [0.1, 0.15) is 13.3 Å². The molecule has 3 atom stereocenters. The van der Waals surface area contributed by atoms with Gasteiger partial charge in [-0.25, -0.2) is 0 Å². The summed E-state index contributed by atoms with van der Waals surface area (Å²) < 4.78 is 5.01. The van der Waals surface area contributed by atoms with Gasteiger partial charge in [-0.2, -0.15) is 0 Å². The van der Waals surface area contributed by atoms with Crippen molar-refractivity contribution in [3.63, 3.8) is 0 Å². The highest BCUT2D eigenvalue weighted by molar-refractivity contribution is 4.89. The molecule has 1 aliphatic heterocycles. The highest BCUT2D eigenvalue weighted by Gasteiger charge is 2.42. The summed E-state index contributed by atoms with van der Waals surface area (Å²) in [5, 5.41) is 17.4. The lowest BCUT2D eigenvalue weighted by molar-refractivity contribution is 0.0706. The average Bonchev–Trinajstić information content (AvgIpc) is 2.64. The number of epoxide rings is 1. The van der Waals surface area contributed by atoms with Crippen LogP contribution in [0.2, 0.25) is 0 Å². The Morgan fingerprint density at radius 2 is 2.33 bits per heavy atom. The molecule has 0 aromatic heterocycles. The van der Waals surface area contributed by atoms with Gasteiger partial charge < -0.3 is 14.9 Å². The molecule has 3 unspecified atom stereocenters. The smallest absolute Gasteiger partial charge is 0.112 e. The van der Waals surface area contributed by atoms with Crippen molar-refractivity contribution in [1.29, 1.82) is 0 Å². The van der Waals surface area contributed by atoms with Gasteiger partial charge in [-0.15, -0.1) is 0 Å². The molecule has 54 valence electrons. The van der Waals surface area contributed by atoms with E-state index >= 15 is 0 Å². The van der Waals surface area contributed by atoms with Crippen molar-refractivity contribution >= 4 is 0 Å². The Kier molecular flexibility index (Phi) is 2.05. The number of hydrogen-bond donors (Lipinski definition) is 2. The first-order valence-electron chi connectivity index (χ1n) is 3.24. The third kappa shape index (κ3) is 1.41. The van der Waals surface area contributed by atoms with Gasteiger partial charge in [-0.1, -0.05) is 6.92 Å². The maximum Gasteiger partial charge on any atom is 0.112 e. The summed E-state index contributed by atoms with van der Waals surface area (Å²) >= 11 is 0. The molecule has 0 aliphatic carbocycles. The number of aliphatic hydroxyl groups excluding tert-OH is 2. The van der Waals surface area contributed by atoms with E-state index in [9.17, 15) is 0 Å². The summed E-state index contributed by atoms with van der Waals surface area (Å²) in [5.41, 5.74) is 0. The highest BCUT2D eigenvalue weighted by Crippen LogP contribution is 2.27. The lowest BCUT2D eigenvalue weighted by Gasteiger charge is -1.99. The van der Waals surface area contributed by atoms with Crippen LogP contribution in [0.15, 0.2) is 0 Å². The lowest BCUT2D eigenvalue weighted by atomic mass is 10.2.